The first-order valence-electron chi connectivity index (χ1n) is 21.2. The smallest absolute Gasteiger partial charge is 0.329 e. The summed E-state index contributed by atoms with van der Waals surface area (Å²) in [5.74, 6) is -4.26. The highest BCUT2D eigenvalue weighted by Gasteiger charge is 2.47. The first-order valence-corrected chi connectivity index (χ1v) is 21.2. The second kappa shape index (κ2) is 21.7. The number of hydrogen-bond acceptors (Lipinski definition) is 11. The Kier molecular flexibility index (Phi) is 18.7. The maximum Gasteiger partial charge on any atom is 0.329 e. The first kappa shape index (κ1) is 48.2. The number of carbonyl (C=O) groups excluding carboxylic acids is 2. The molecule has 2 fully saturated rings. The Balaban J connectivity index is 1.98. The van der Waals surface area contributed by atoms with Gasteiger partial charge in [-0.05, 0) is 101 Å². The van der Waals surface area contributed by atoms with Crippen molar-refractivity contribution in [3.05, 3.63) is 34.9 Å². The second-order valence-electron chi connectivity index (χ2n) is 17.7. The molecule has 3 aliphatic rings. The van der Waals surface area contributed by atoms with Crippen LogP contribution in [0.3, 0.4) is 0 Å². The zero-order valence-corrected chi connectivity index (χ0v) is 35.5. The Morgan fingerprint density at radius 3 is 2.29 bits per heavy atom. The fraction of sp³-hybridized carbons (Fsp3) is 0.818. The van der Waals surface area contributed by atoms with E-state index in [0.717, 1.165) is 11.1 Å². The number of fused-ring (bicyclic) bond motifs is 3. The Bertz CT molecular complexity index is 1360. The van der Waals surface area contributed by atoms with Crippen molar-refractivity contribution in [2.45, 2.75) is 194 Å². The van der Waals surface area contributed by atoms with Crippen LogP contribution >= 0.6 is 0 Å². The van der Waals surface area contributed by atoms with E-state index in [1.165, 1.54) is 4.90 Å². The van der Waals surface area contributed by atoms with Gasteiger partial charge in [0.05, 0.1) is 49.1 Å². The molecule has 15 unspecified atom stereocenters. The van der Waals surface area contributed by atoms with Crippen LogP contribution in [0, 0.1) is 29.6 Å². The van der Waals surface area contributed by atoms with Crippen LogP contribution < -0.4 is 0 Å². The van der Waals surface area contributed by atoms with Crippen molar-refractivity contribution in [2.24, 2.45) is 29.6 Å². The van der Waals surface area contributed by atoms with Gasteiger partial charge >= 0.3 is 5.97 Å². The maximum atomic E-state index is 13.9. The highest BCUT2D eigenvalue weighted by molar-refractivity contribution is 5.85. The van der Waals surface area contributed by atoms with E-state index in [4.69, 9.17) is 9.47 Å². The van der Waals surface area contributed by atoms with Crippen molar-refractivity contribution in [1.82, 2.24) is 4.90 Å². The van der Waals surface area contributed by atoms with Gasteiger partial charge in [0.15, 0.2) is 5.79 Å². The molecule has 12 heteroatoms. The minimum Gasteiger partial charge on any atom is -0.456 e. The van der Waals surface area contributed by atoms with Gasteiger partial charge in [0.2, 0.25) is 5.91 Å². The van der Waals surface area contributed by atoms with E-state index >= 15 is 0 Å². The molecule has 0 aliphatic carbocycles. The SMILES string of the molecule is CC/C1=C\CC(/C(C)=C/C(C)C(C)O)OC(=O)C2CCCN2C(=O)CC2(O)OC(CCC2C)CC(O)C(C)C(O)CC(O)CC(O)/C(C)=C/C(C)CC(C)C1O. The average molecular weight is 794 g/mol. The first-order chi connectivity index (χ1) is 26.2. The highest BCUT2D eigenvalue weighted by Crippen LogP contribution is 2.38. The van der Waals surface area contributed by atoms with E-state index in [1.54, 1.807) is 27.7 Å². The number of hydrogen-bond donors (Lipinski definition) is 7. The number of ether oxygens (including phenoxy) is 2. The molecular weight excluding hydrogens is 718 g/mol. The third kappa shape index (κ3) is 13.4. The molecule has 56 heavy (non-hydrogen) atoms. The van der Waals surface area contributed by atoms with Crippen molar-refractivity contribution in [1.29, 1.82) is 0 Å². The van der Waals surface area contributed by atoms with Crippen LogP contribution in [0.4, 0.5) is 0 Å². The maximum absolute atomic E-state index is 13.9. The molecule has 3 heterocycles. The Morgan fingerprint density at radius 2 is 1.64 bits per heavy atom. The molecule has 0 aromatic rings. The summed E-state index contributed by atoms with van der Waals surface area (Å²) in [4.78, 5) is 29.3. The van der Waals surface area contributed by atoms with Crippen molar-refractivity contribution in [3.8, 4) is 0 Å². The summed E-state index contributed by atoms with van der Waals surface area (Å²) in [6.07, 6.45) is 2.14. The number of aliphatic hydroxyl groups excluding tert-OH is 6. The lowest BCUT2D eigenvalue weighted by Gasteiger charge is -2.43. The summed E-state index contributed by atoms with van der Waals surface area (Å²) in [7, 11) is 0. The van der Waals surface area contributed by atoms with Gasteiger partial charge in [-0.1, -0.05) is 59.8 Å². The zero-order chi connectivity index (χ0) is 42.1. The van der Waals surface area contributed by atoms with Gasteiger partial charge in [-0.15, -0.1) is 0 Å². The number of esters is 1. The van der Waals surface area contributed by atoms with Crippen molar-refractivity contribution >= 4 is 11.9 Å². The topological polar surface area (TPSA) is 197 Å². The molecule has 15 atom stereocenters. The van der Waals surface area contributed by atoms with Crippen molar-refractivity contribution in [3.63, 3.8) is 0 Å². The molecule has 3 aliphatic heterocycles. The molecule has 0 aromatic carbocycles. The van der Waals surface area contributed by atoms with Crippen molar-refractivity contribution in [2.75, 3.05) is 6.54 Å². The van der Waals surface area contributed by atoms with E-state index < -0.39 is 84.4 Å². The molecule has 7 N–H and O–H groups in total. The molecule has 3 rings (SSSR count). The Morgan fingerprint density at radius 1 is 0.982 bits per heavy atom. The molecule has 0 radical (unpaired) electrons. The summed E-state index contributed by atoms with van der Waals surface area (Å²) in [5, 5.41) is 77.4. The second-order valence-corrected chi connectivity index (χ2v) is 17.7. The van der Waals surface area contributed by atoms with Gasteiger partial charge in [-0.25, -0.2) is 4.79 Å². The van der Waals surface area contributed by atoms with Crippen LogP contribution in [0.2, 0.25) is 0 Å². The molecular formula is C44H75NO11. The van der Waals surface area contributed by atoms with Gasteiger partial charge in [0.1, 0.15) is 12.1 Å². The molecule has 0 spiro atoms. The van der Waals surface area contributed by atoms with Gasteiger partial charge in [0.25, 0.3) is 0 Å². The summed E-state index contributed by atoms with van der Waals surface area (Å²) in [6.45, 7) is 17.0. The summed E-state index contributed by atoms with van der Waals surface area (Å²) in [6, 6.07) is -0.857. The van der Waals surface area contributed by atoms with E-state index in [9.17, 15) is 45.3 Å². The highest BCUT2D eigenvalue weighted by atomic mass is 16.6. The molecule has 2 saturated heterocycles. The Labute approximate surface area is 335 Å². The molecule has 1 amide bonds. The zero-order valence-electron chi connectivity index (χ0n) is 35.5. The van der Waals surface area contributed by atoms with Crippen LogP contribution in [0.5, 0.6) is 0 Å². The van der Waals surface area contributed by atoms with Gasteiger partial charge in [-0.3, -0.25) is 4.79 Å². The lowest BCUT2D eigenvalue weighted by atomic mass is 9.84. The number of allylic oxidation sites excluding steroid dienone is 1. The van der Waals surface area contributed by atoms with Gasteiger partial charge in [0, 0.05) is 37.1 Å². The lowest BCUT2D eigenvalue weighted by molar-refractivity contribution is -0.285. The largest absolute Gasteiger partial charge is 0.456 e. The fourth-order valence-electron chi connectivity index (χ4n) is 8.56. The number of carbonyl (C=O) groups is 2. The van der Waals surface area contributed by atoms with E-state index in [1.807, 2.05) is 52.8 Å². The predicted molar refractivity (Wildman–Crippen MR) is 215 cm³/mol. The van der Waals surface area contributed by atoms with Crippen LogP contribution in [0.25, 0.3) is 0 Å². The quantitative estimate of drug-likeness (QED) is 0.154. The van der Waals surface area contributed by atoms with E-state index in [2.05, 4.69) is 0 Å². The lowest BCUT2D eigenvalue weighted by Crippen LogP contribution is -2.52. The van der Waals surface area contributed by atoms with Crippen LogP contribution in [0.1, 0.15) is 133 Å². The number of nitrogens with zero attached hydrogens (tertiary/aromatic N) is 1. The fourth-order valence-corrected chi connectivity index (χ4v) is 8.56. The minimum atomic E-state index is -1.84. The van der Waals surface area contributed by atoms with E-state index in [0.29, 0.717) is 50.6 Å². The summed E-state index contributed by atoms with van der Waals surface area (Å²) in [5.41, 5.74) is 2.22. The third-order valence-electron chi connectivity index (χ3n) is 12.8. The molecule has 322 valence electrons. The molecule has 2 bridgehead atoms. The van der Waals surface area contributed by atoms with Crippen molar-refractivity contribution < 1.29 is 54.8 Å². The third-order valence-corrected chi connectivity index (χ3v) is 12.8. The molecule has 12 nitrogen and oxygen atoms in total. The van der Waals surface area contributed by atoms with Crippen LogP contribution in [-0.4, -0.2) is 120 Å². The molecule has 0 saturated carbocycles. The van der Waals surface area contributed by atoms with Gasteiger partial charge < -0.3 is 50.1 Å². The van der Waals surface area contributed by atoms with Crippen LogP contribution in [0.15, 0.2) is 34.9 Å². The predicted octanol–water partition coefficient (Wildman–Crippen LogP) is 4.71. The van der Waals surface area contributed by atoms with Crippen LogP contribution in [-0.2, 0) is 19.1 Å². The molecule has 0 aromatic heterocycles. The standard InChI is InChI=1S/C44H75NO11/c1-10-33-14-16-40(28(5)20-26(3)32(9)46)55-43(53)36-12-11-17-45(36)41(51)24-44(54)30(7)13-15-35(56-44)23-39(50)31(8)38(49)22-34(47)21-37(48)27(4)18-25(2)19-29(6)42(33)52/h14,18,20,25-26,29-32,34-40,42,46-50,52,54H,10-13,15-17,19,21-24H2,1-9H3/b27-18+,28-20+,33-14+. The van der Waals surface area contributed by atoms with E-state index in [-0.39, 0.29) is 49.9 Å². The Hall–Kier alpha value is -2.16. The summed E-state index contributed by atoms with van der Waals surface area (Å²) < 4.78 is 12.3. The average Bonchev–Trinajstić information content (AvgIpc) is 3.62. The summed E-state index contributed by atoms with van der Waals surface area (Å²) >= 11 is 0. The monoisotopic (exact) mass is 794 g/mol. The number of cyclic esters (lactones) is 1. The number of rotatable bonds is 4. The van der Waals surface area contributed by atoms with Gasteiger partial charge in [-0.2, -0.15) is 0 Å². The number of aliphatic hydroxyl groups is 7. The normalized spacial score (nSPS) is 41.6. The number of amides is 1. The minimum absolute atomic E-state index is 0.00601.